The van der Waals surface area contributed by atoms with Gasteiger partial charge in [0.1, 0.15) is 15.6 Å². The number of ketones is 1. The molecule has 0 aliphatic carbocycles. The van der Waals surface area contributed by atoms with Crippen LogP contribution in [0.4, 0.5) is 0 Å². The van der Waals surface area contributed by atoms with Gasteiger partial charge >= 0.3 is 0 Å². The van der Waals surface area contributed by atoms with Gasteiger partial charge in [-0.25, -0.2) is 0 Å². The van der Waals surface area contributed by atoms with Crippen LogP contribution in [0.15, 0.2) is 34.7 Å². The smallest absolute Gasteiger partial charge is 0.235 e. The molecule has 118 valence electrons. The molecule has 23 heavy (non-hydrogen) atoms. The van der Waals surface area contributed by atoms with Crippen LogP contribution >= 0.6 is 23.2 Å². The predicted octanol–water partition coefficient (Wildman–Crippen LogP) is 5.01. The summed E-state index contributed by atoms with van der Waals surface area (Å²) in [6.07, 6.45) is 0. The van der Waals surface area contributed by atoms with Crippen molar-refractivity contribution in [3.63, 3.8) is 0 Å². The zero-order valence-electron chi connectivity index (χ0n) is 12.5. The molecule has 0 saturated heterocycles. The maximum atomic E-state index is 12.3. The van der Waals surface area contributed by atoms with E-state index in [9.17, 15) is 4.79 Å². The zero-order chi connectivity index (χ0) is 16.6. The number of furan rings is 1. The van der Waals surface area contributed by atoms with Gasteiger partial charge in [0.15, 0.2) is 18.1 Å². The van der Waals surface area contributed by atoms with Crippen molar-refractivity contribution < 1.29 is 13.9 Å². The third kappa shape index (κ3) is 3.05. The number of halogens is 2. The molecular formula is C17H13Cl2NO3. The van der Waals surface area contributed by atoms with Gasteiger partial charge in [-0.2, -0.15) is 0 Å². The second-order valence-corrected chi connectivity index (χ2v) is 5.86. The number of hydrogen-bond donors (Lipinski definition) is 0. The molecule has 0 aliphatic heterocycles. The number of ether oxygens (including phenoxy) is 1. The summed E-state index contributed by atoms with van der Waals surface area (Å²) in [5, 5.41) is 1.47. The number of benzene rings is 1. The summed E-state index contributed by atoms with van der Waals surface area (Å²) >= 11 is 12.3. The first-order valence-electron chi connectivity index (χ1n) is 6.94. The number of rotatable bonds is 4. The lowest BCUT2D eigenvalue weighted by Crippen LogP contribution is -2.12. The van der Waals surface area contributed by atoms with Crippen LogP contribution in [-0.2, 0) is 0 Å². The standard InChI is InChI=1S/C17H13Cl2NO3/c1-9-15(18)17(16(19)10(2)20-9)22-8-12(21)14-7-11-5-3-4-6-13(11)23-14/h3-7H,8H2,1-2H3. The average molecular weight is 350 g/mol. The Bertz CT molecular complexity index is 843. The van der Waals surface area contributed by atoms with E-state index in [1.165, 1.54) is 0 Å². The number of carbonyl (C=O) groups excluding carboxylic acids is 1. The molecule has 0 fully saturated rings. The normalized spacial score (nSPS) is 11.0. The lowest BCUT2D eigenvalue weighted by Gasteiger charge is -2.11. The molecule has 0 aliphatic rings. The second-order valence-electron chi connectivity index (χ2n) is 5.10. The number of hydrogen-bond acceptors (Lipinski definition) is 4. The van der Waals surface area contributed by atoms with Gasteiger partial charge < -0.3 is 9.15 Å². The minimum Gasteiger partial charge on any atom is -0.482 e. The zero-order valence-corrected chi connectivity index (χ0v) is 14.0. The molecular weight excluding hydrogens is 337 g/mol. The average Bonchev–Trinajstić information content (AvgIpc) is 2.97. The molecule has 0 amide bonds. The van der Waals surface area contributed by atoms with Gasteiger partial charge in [0, 0.05) is 5.39 Å². The van der Waals surface area contributed by atoms with Crippen LogP contribution in [-0.4, -0.2) is 17.4 Å². The van der Waals surface area contributed by atoms with Crippen molar-refractivity contribution in [3.05, 3.63) is 57.5 Å². The minimum atomic E-state index is -0.291. The fourth-order valence-corrected chi connectivity index (χ4v) is 2.66. The molecule has 0 N–H and O–H groups in total. The molecule has 0 unspecified atom stereocenters. The van der Waals surface area contributed by atoms with Crippen molar-refractivity contribution in [2.45, 2.75) is 13.8 Å². The van der Waals surface area contributed by atoms with E-state index in [2.05, 4.69) is 4.98 Å². The molecule has 4 nitrogen and oxygen atoms in total. The van der Waals surface area contributed by atoms with E-state index in [1.54, 1.807) is 26.0 Å². The molecule has 0 atom stereocenters. The van der Waals surface area contributed by atoms with Crippen molar-refractivity contribution in [1.29, 1.82) is 0 Å². The van der Waals surface area contributed by atoms with Crippen molar-refractivity contribution in [2.24, 2.45) is 0 Å². The minimum absolute atomic E-state index is 0.220. The van der Waals surface area contributed by atoms with Crippen molar-refractivity contribution >= 4 is 40.0 Å². The second kappa shape index (κ2) is 6.22. The number of carbonyl (C=O) groups is 1. The Labute approximate surface area is 143 Å². The number of aryl methyl sites for hydroxylation is 2. The Morgan fingerprint density at radius 3 is 2.48 bits per heavy atom. The summed E-state index contributed by atoms with van der Waals surface area (Å²) in [5.41, 5.74) is 1.85. The van der Waals surface area contributed by atoms with Crippen LogP contribution in [0.3, 0.4) is 0 Å². The highest BCUT2D eigenvalue weighted by Crippen LogP contribution is 2.36. The summed E-state index contributed by atoms with van der Waals surface area (Å²) in [5.74, 6) is 0.212. The molecule has 3 rings (SSSR count). The van der Waals surface area contributed by atoms with E-state index < -0.39 is 0 Å². The van der Waals surface area contributed by atoms with E-state index in [-0.39, 0.29) is 23.9 Å². The number of pyridine rings is 1. The number of para-hydroxylation sites is 1. The molecule has 3 aromatic rings. The van der Waals surface area contributed by atoms with Crippen LogP contribution in [0, 0.1) is 13.8 Å². The topological polar surface area (TPSA) is 52.3 Å². The van der Waals surface area contributed by atoms with Gasteiger partial charge in [-0.05, 0) is 26.0 Å². The largest absolute Gasteiger partial charge is 0.482 e. The third-order valence-electron chi connectivity index (χ3n) is 3.42. The lowest BCUT2D eigenvalue weighted by molar-refractivity contribution is 0.0896. The number of Topliss-reactive ketones (excluding diaryl/α,β-unsaturated/α-hetero) is 1. The summed E-state index contributed by atoms with van der Waals surface area (Å²) in [6, 6.07) is 9.09. The monoisotopic (exact) mass is 349 g/mol. The van der Waals surface area contributed by atoms with Crippen LogP contribution in [0.25, 0.3) is 11.0 Å². The molecule has 2 aromatic heterocycles. The van der Waals surface area contributed by atoms with Crippen LogP contribution in [0.2, 0.25) is 10.0 Å². The Balaban J connectivity index is 1.82. The molecule has 1 aromatic carbocycles. The molecule has 0 spiro atoms. The SMILES string of the molecule is Cc1nc(C)c(Cl)c(OCC(=O)c2cc3ccccc3o2)c1Cl. The van der Waals surface area contributed by atoms with E-state index >= 15 is 0 Å². The Morgan fingerprint density at radius 1 is 1.17 bits per heavy atom. The first kappa shape index (κ1) is 15.8. The number of aromatic nitrogens is 1. The maximum absolute atomic E-state index is 12.3. The summed E-state index contributed by atoms with van der Waals surface area (Å²) < 4.78 is 11.0. The van der Waals surface area contributed by atoms with Gasteiger partial charge in [0.05, 0.1) is 11.4 Å². The molecule has 0 saturated carbocycles. The van der Waals surface area contributed by atoms with Gasteiger partial charge in [0.2, 0.25) is 5.78 Å². The van der Waals surface area contributed by atoms with E-state index in [1.807, 2.05) is 18.2 Å². The van der Waals surface area contributed by atoms with E-state index in [0.717, 1.165) is 5.39 Å². The Kier molecular flexibility index (Phi) is 4.28. The fourth-order valence-electron chi connectivity index (χ4n) is 2.23. The van der Waals surface area contributed by atoms with Gasteiger partial charge in [-0.1, -0.05) is 41.4 Å². The highest BCUT2D eigenvalue weighted by molar-refractivity contribution is 6.37. The van der Waals surface area contributed by atoms with Gasteiger partial charge in [-0.15, -0.1) is 0 Å². The fraction of sp³-hybridized carbons (Fsp3) is 0.176. The highest BCUT2D eigenvalue weighted by Gasteiger charge is 2.18. The first-order valence-corrected chi connectivity index (χ1v) is 7.69. The summed E-state index contributed by atoms with van der Waals surface area (Å²) in [7, 11) is 0. The highest BCUT2D eigenvalue weighted by atomic mass is 35.5. The maximum Gasteiger partial charge on any atom is 0.235 e. The van der Waals surface area contributed by atoms with Crippen molar-refractivity contribution in [2.75, 3.05) is 6.61 Å². The number of fused-ring (bicyclic) bond motifs is 1. The van der Waals surface area contributed by atoms with E-state index in [0.29, 0.717) is 27.0 Å². The quantitative estimate of drug-likeness (QED) is 0.621. The summed E-state index contributed by atoms with van der Waals surface area (Å²) in [6.45, 7) is 3.28. The molecule has 2 heterocycles. The van der Waals surface area contributed by atoms with Crippen LogP contribution in [0.5, 0.6) is 5.75 Å². The predicted molar refractivity (Wildman–Crippen MR) is 89.8 cm³/mol. The Hall–Kier alpha value is -2.04. The van der Waals surface area contributed by atoms with Crippen LogP contribution in [0.1, 0.15) is 21.9 Å². The Morgan fingerprint density at radius 2 is 1.83 bits per heavy atom. The van der Waals surface area contributed by atoms with E-state index in [4.69, 9.17) is 32.4 Å². The molecule has 0 radical (unpaired) electrons. The van der Waals surface area contributed by atoms with Gasteiger partial charge in [-0.3, -0.25) is 9.78 Å². The number of nitrogens with zero attached hydrogens (tertiary/aromatic N) is 1. The van der Waals surface area contributed by atoms with Gasteiger partial charge in [0.25, 0.3) is 0 Å². The molecule has 6 heteroatoms. The van der Waals surface area contributed by atoms with Crippen molar-refractivity contribution in [3.8, 4) is 5.75 Å². The third-order valence-corrected chi connectivity index (χ3v) is 4.31. The molecule has 0 bridgehead atoms. The summed E-state index contributed by atoms with van der Waals surface area (Å²) in [4.78, 5) is 16.5. The first-order chi connectivity index (χ1) is 11.0. The lowest BCUT2D eigenvalue weighted by atomic mass is 10.2. The van der Waals surface area contributed by atoms with Crippen LogP contribution < -0.4 is 4.74 Å². The van der Waals surface area contributed by atoms with Crippen molar-refractivity contribution in [1.82, 2.24) is 4.98 Å².